The van der Waals surface area contributed by atoms with Crippen LogP contribution in [0.1, 0.15) is 31.2 Å². The van der Waals surface area contributed by atoms with Gasteiger partial charge in [0.1, 0.15) is 5.75 Å². The van der Waals surface area contributed by atoms with Crippen LogP contribution in [0.2, 0.25) is 5.02 Å². The highest BCUT2D eigenvalue weighted by Gasteiger charge is 2.22. The average Bonchev–Trinajstić information content (AvgIpc) is 3.15. The molecule has 2 N–H and O–H groups in total. The van der Waals surface area contributed by atoms with Crippen molar-refractivity contribution >= 4 is 33.2 Å². The molecule has 0 saturated heterocycles. The van der Waals surface area contributed by atoms with Crippen molar-refractivity contribution in [3.63, 3.8) is 0 Å². The van der Waals surface area contributed by atoms with Gasteiger partial charge in [-0.1, -0.05) is 24.4 Å². The Hall–Kier alpha value is -2.09. The zero-order valence-corrected chi connectivity index (χ0v) is 17.1. The van der Waals surface area contributed by atoms with Crippen LogP contribution in [0.4, 0.5) is 5.69 Å². The van der Waals surface area contributed by atoms with E-state index in [-0.39, 0.29) is 23.5 Å². The summed E-state index contributed by atoms with van der Waals surface area (Å²) in [6, 6.07) is 11.3. The normalized spacial score (nSPS) is 14.8. The van der Waals surface area contributed by atoms with Crippen molar-refractivity contribution in [1.82, 2.24) is 4.72 Å². The van der Waals surface area contributed by atoms with Gasteiger partial charge in [0.25, 0.3) is 5.91 Å². The SMILES string of the molecule is Cc1cc(Cl)ccc1NC(=O)COc1ccc(S(=O)(=O)NC2CCCC2)cc1. The van der Waals surface area contributed by atoms with E-state index in [9.17, 15) is 13.2 Å². The van der Waals surface area contributed by atoms with Crippen molar-refractivity contribution < 1.29 is 17.9 Å². The molecule has 2 aromatic carbocycles. The number of hydrogen-bond donors (Lipinski definition) is 2. The summed E-state index contributed by atoms with van der Waals surface area (Å²) in [5, 5.41) is 3.36. The molecule has 0 radical (unpaired) electrons. The highest BCUT2D eigenvalue weighted by Crippen LogP contribution is 2.22. The topological polar surface area (TPSA) is 84.5 Å². The lowest BCUT2D eigenvalue weighted by atomic mass is 10.2. The van der Waals surface area contributed by atoms with Crippen molar-refractivity contribution in [3.05, 3.63) is 53.1 Å². The number of nitrogens with one attached hydrogen (secondary N) is 2. The monoisotopic (exact) mass is 422 g/mol. The fourth-order valence-corrected chi connectivity index (χ4v) is 4.68. The van der Waals surface area contributed by atoms with Crippen molar-refractivity contribution in [2.45, 2.75) is 43.5 Å². The van der Waals surface area contributed by atoms with Gasteiger partial charge >= 0.3 is 0 Å². The number of anilines is 1. The Kier molecular flexibility index (Phi) is 6.59. The summed E-state index contributed by atoms with van der Waals surface area (Å²) >= 11 is 5.90. The molecule has 2 aromatic rings. The van der Waals surface area contributed by atoms with Gasteiger partial charge in [-0.3, -0.25) is 4.79 Å². The lowest BCUT2D eigenvalue weighted by molar-refractivity contribution is -0.118. The molecular weight excluding hydrogens is 400 g/mol. The van der Waals surface area contributed by atoms with Crippen molar-refractivity contribution in [1.29, 1.82) is 0 Å². The molecule has 28 heavy (non-hydrogen) atoms. The van der Waals surface area contributed by atoms with Gasteiger partial charge in [0, 0.05) is 16.8 Å². The Bertz CT molecular complexity index is 939. The first-order valence-corrected chi connectivity index (χ1v) is 11.0. The fourth-order valence-electron chi connectivity index (χ4n) is 3.15. The molecule has 0 unspecified atom stereocenters. The molecule has 1 amide bonds. The highest BCUT2D eigenvalue weighted by atomic mass is 35.5. The average molecular weight is 423 g/mol. The predicted octanol–water partition coefficient (Wildman–Crippen LogP) is 3.89. The molecule has 0 atom stereocenters. The van der Waals surface area contributed by atoms with E-state index < -0.39 is 10.0 Å². The third-order valence-electron chi connectivity index (χ3n) is 4.64. The maximum absolute atomic E-state index is 12.4. The van der Waals surface area contributed by atoms with E-state index in [0.29, 0.717) is 16.5 Å². The van der Waals surface area contributed by atoms with Crippen LogP contribution in [-0.2, 0) is 14.8 Å². The highest BCUT2D eigenvalue weighted by molar-refractivity contribution is 7.89. The second-order valence-electron chi connectivity index (χ2n) is 6.87. The molecule has 0 spiro atoms. The summed E-state index contributed by atoms with van der Waals surface area (Å²) in [4.78, 5) is 12.3. The summed E-state index contributed by atoms with van der Waals surface area (Å²) in [5.41, 5.74) is 1.52. The van der Waals surface area contributed by atoms with Crippen molar-refractivity contribution in [2.24, 2.45) is 0 Å². The number of rotatable bonds is 7. The van der Waals surface area contributed by atoms with E-state index in [4.69, 9.17) is 16.3 Å². The van der Waals surface area contributed by atoms with E-state index in [1.807, 2.05) is 6.92 Å². The summed E-state index contributed by atoms with van der Waals surface area (Å²) < 4.78 is 33.0. The summed E-state index contributed by atoms with van der Waals surface area (Å²) in [6.45, 7) is 1.66. The molecule has 1 aliphatic rings. The number of carbonyl (C=O) groups is 1. The van der Waals surface area contributed by atoms with E-state index >= 15 is 0 Å². The molecule has 1 aliphatic carbocycles. The van der Waals surface area contributed by atoms with Gasteiger partial charge in [0.15, 0.2) is 6.61 Å². The molecule has 8 heteroatoms. The maximum atomic E-state index is 12.4. The van der Waals surface area contributed by atoms with E-state index in [0.717, 1.165) is 31.2 Å². The number of benzene rings is 2. The van der Waals surface area contributed by atoms with Gasteiger partial charge < -0.3 is 10.1 Å². The Labute approximate surface area is 170 Å². The second-order valence-corrected chi connectivity index (χ2v) is 9.02. The molecule has 0 aromatic heterocycles. The van der Waals surface area contributed by atoms with Crippen molar-refractivity contribution in [2.75, 3.05) is 11.9 Å². The zero-order valence-electron chi connectivity index (χ0n) is 15.6. The number of halogens is 1. The molecule has 0 heterocycles. The lowest BCUT2D eigenvalue weighted by Gasteiger charge is -2.13. The van der Waals surface area contributed by atoms with Gasteiger partial charge in [0.2, 0.25) is 10.0 Å². The summed E-state index contributed by atoms with van der Waals surface area (Å²) in [5.74, 6) is 0.104. The standard InChI is InChI=1S/C20H23ClN2O4S/c1-14-12-15(21)6-11-19(14)22-20(24)13-27-17-7-9-18(10-8-17)28(25,26)23-16-4-2-3-5-16/h6-12,16,23H,2-5,13H2,1H3,(H,22,24). The van der Waals surface area contributed by atoms with Crippen LogP contribution in [-0.4, -0.2) is 27.0 Å². The number of aryl methyl sites for hydroxylation is 1. The van der Waals surface area contributed by atoms with Crippen LogP contribution in [0.25, 0.3) is 0 Å². The van der Waals surface area contributed by atoms with Crippen LogP contribution in [0.15, 0.2) is 47.4 Å². The predicted molar refractivity (Wildman–Crippen MR) is 109 cm³/mol. The third-order valence-corrected chi connectivity index (χ3v) is 6.41. The maximum Gasteiger partial charge on any atom is 0.262 e. The van der Waals surface area contributed by atoms with E-state index in [1.165, 1.54) is 12.1 Å². The quantitative estimate of drug-likeness (QED) is 0.709. The van der Waals surface area contributed by atoms with Crippen molar-refractivity contribution in [3.8, 4) is 5.75 Å². The molecule has 150 valence electrons. The molecule has 0 bridgehead atoms. The molecular formula is C20H23ClN2O4S. The Morgan fingerprint density at radius 2 is 1.82 bits per heavy atom. The minimum atomic E-state index is -3.54. The van der Waals surface area contributed by atoms with Gasteiger partial charge in [-0.2, -0.15) is 0 Å². The summed E-state index contributed by atoms with van der Waals surface area (Å²) in [7, 11) is -3.54. The minimum Gasteiger partial charge on any atom is -0.484 e. The number of carbonyl (C=O) groups excluding carboxylic acids is 1. The number of hydrogen-bond acceptors (Lipinski definition) is 4. The van der Waals surface area contributed by atoms with Gasteiger partial charge in [0.05, 0.1) is 4.90 Å². The molecule has 6 nitrogen and oxygen atoms in total. The Morgan fingerprint density at radius 3 is 2.46 bits per heavy atom. The number of sulfonamides is 1. The van der Waals surface area contributed by atoms with Crippen LogP contribution in [0, 0.1) is 6.92 Å². The minimum absolute atomic E-state index is 0.0148. The Morgan fingerprint density at radius 1 is 1.14 bits per heavy atom. The molecule has 3 rings (SSSR count). The van der Waals surface area contributed by atoms with Crippen LogP contribution in [0.3, 0.4) is 0 Å². The van der Waals surface area contributed by atoms with E-state index in [1.54, 1.807) is 30.3 Å². The lowest BCUT2D eigenvalue weighted by Crippen LogP contribution is -2.32. The van der Waals surface area contributed by atoms with Gasteiger partial charge in [-0.05, 0) is 67.8 Å². The third kappa shape index (κ3) is 5.47. The van der Waals surface area contributed by atoms with Gasteiger partial charge in [-0.15, -0.1) is 0 Å². The zero-order chi connectivity index (χ0) is 20.1. The summed E-state index contributed by atoms with van der Waals surface area (Å²) in [6.07, 6.45) is 3.86. The van der Waals surface area contributed by atoms with E-state index in [2.05, 4.69) is 10.0 Å². The molecule has 1 fully saturated rings. The number of amides is 1. The fraction of sp³-hybridized carbons (Fsp3) is 0.350. The smallest absolute Gasteiger partial charge is 0.262 e. The van der Waals surface area contributed by atoms with Crippen LogP contribution in [0.5, 0.6) is 5.75 Å². The van der Waals surface area contributed by atoms with Crippen LogP contribution < -0.4 is 14.8 Å². The largest absolute Gasteiger partial charge is 0.484 e. The molecule has 0 aliphatic heterocycles. The molecule has 1 saturated carbocycles. The van der Waals surface area contributed by atoms with Crippen LogP contribution >= 0.6 is 11.6 Å². The Balaban J connectivity index is 1.54. The first kappa shape index (κ1) is 20.6. The second kappa shape index (κ2) is 8.94. The number of ether oxygens (including phenoxy) is 1. The first-order chi connectivity index (χ1) is 13.3. The first-order valence-electron chi connectivity index (χ1n) is 9.15. The van der Waals surface area contributed by atoms with Gasteiger partial charge in [-0.25, -0.2) is 13.1 Å².